The van der Waals surface area contributed by atoms with E-state index in [4.69, 9.17) is 11.6 Å². The molecule has 1 atom stereocenters. The third-order valence-corrected chi connectivity index (χ3v) is 4.93. The van der Waals surface area contributed by atoms with Crippen molar-refractivity contribution >= 4 is 21.6 Å². The highest BCUT2D eigenvalue weighted by Crippen LogP contribution is 2.19. The third-order valence-electron chi connectivity index (χ3n) is 2.96. The van der Waals surface area contributed by atoms with Crippen molar-refractivity contribution in [1.29, 1.82) is 0 Å². The van der Waals surface area contributed by atoms with E-state index in [0.717, 1.165) is 25.9 Å². The number of aromatic nitrogens is 1. The summed E-state index contributed by atoms with van der Waals surface area (Å²) in [7, 11) is -1.60. The number of pyridine rings is 1. The van der Waals surface area contributed by atoms with E-state index in [1.165, 1.54) is 12.3 Å². The molecule has 18 heavy (non-hydrogen) atoms. The van der Waals surface area contributed by atoms with Gasteiger partial charge in [0.25, 0.3) is 0 Å². The van der Waals surface area contributed by atoms with Gasteiger partial charge in [0.2, 0.25) is 10.0 Å². The molecule has 1 saturated heterocycles. The van der Waals surface area contributed by atoms with Crippen molar-refractivity contribution in [1.82, 2.24) is 14.6 Å². The topological polar surface area (TPSA) is 62.3 Å². The highest BCUT2D eigenvalue weighted by molar-refractivity contribution is 7.89. The van der Waals surface area contributed by atoms with Crippen molar-refractivity contribution in [3.8, 4) is 0 Å². The molecule has 0 aromatic carbocycles. The molecule has 0 bridgehead atoms. The number of piperidine rings is 1. The summed E-state index contributed by atoms with van der Waals surface area (Å²) in [6.45, 7) is 1.73. The van der Waals surface area contributed by atoms with Crippen LogP contribution in [0.15, 0.2) is 23.2 Å². The summed E-state index contributed by atoms with van der Waals surface area (Å²) in [5.41, 5.74) is 0. The SMILES string of the molecule is CN1CCCC(NS(=O)(=O)c2cccnc2Cl)C1. The molecule has 0 aliphatic carbocycles. The van der Waals surface area contributed by atoms with Crippen LogP contribution in [0.3, 0.4) is 0 Å². The minimum absolute atomic E-state index is 0.00849. The molecule has 1 aromatic rings. The zero-order valence-corrected chi connectivity index (χ0v) is 11.7. The second kappa shape index (κ2) is 5.52. The van der Waals surface area contributed by atoms with Crippen molar-refractivity contribution in [2.24, 2.45) is 0 Å². The number of likely N-dealkylation sites (N-methyl/N-ethyl adjacent to an activating group) is 1. The van der Waals surface area contributed by atoms with Crippen molar-refractivity contribution in [3.05, 3.63) is 23.5 Å². The second-order valence-electron chi connectivity index (χ2n) is 4.52. The Morgan fingerprint density at radius 2 is 2.33 bits per heavy atom. The lowest BCUT2D eigenvalue weighted by atomic mass is 10.1. The van der Waals surface area contributed by atoms with E-state index >= 15 is 0 Å². The molecule has 100 valence electrons. The normalized spacial score (nSPS) is 22.0. The van der Waals surface area contributed by atoms with Gasteiger partial charge in [0.05, 0.1) is 0 Å². The van der Waals surface area contributed by atoms with Gasteiger partial charge in [-0.15, -0.1) is 0 Å². The van der Waals surface area contributed by atoms with Crippen LogP contribution in [0, 0.1) is 0 Å². The summed E-state index contributed by atoms with van der Waals surface area (Å²) < 4.78 is 27.0. The van der Waals surface area contributed by atoms with E-state index in [2.05, 4.69) is 14.6 Å². The van der Waals surface area contributed by atoms with Crippen LogP contribution in [-0.4, -0.2) is 44.5 Å². The van der Waals surface area contributed by atoms with Gasteiger partial charge in [0.15, 0.2) is 0 Å². The summed E-state index contributed by atoms with van der Waals surface area (Å²) in [6.07, 6.45) is 3.31. The predicted molar refractivity (Wildman–Crippen MR) is 70.1 cm³/mol. The predicted octanol–water partition coefficient (Wildman–Crippen LogP) is 1.11. The molecule has 2 heterocycles. The van der Waals surface area contributed by atoms with Crippen LogP contribution in [0.2, 0.25) is 5.15 Å². The molecule has 7 heteroatoms. The molecule has 0 amide bonds. The van der Waals surface area contributed by atoms with Crippen molar-refractivity contribution in [2.75, 3.05) is 20.1 Å². The number of rotatable bonds is 3. The molecule has 1 aromatic heterocycles. The third kappa shape index (κ3) is 3.20. The van der Waals surface area contributed by atoms with E-state index in [0.29, 0.717) is 0 Å². The summed E-state index contributed by atoms with van der Waals surface area (Å²) in [5.74, 6) is 0. The zero-order valence-electron chi connectivity index (χ0n) is 10.1. The minimum Gasteiger partial charge on any atom is -0.305 e. The van der Waals surface area contributed by atoms with Gasteiger partial charge in [-0.3, -0.25) is 0 Å². The standard InChI is InChI=1S/C11H16ClN3O2S/c1-15-7-3-4-9(8-15)14-18(16,17)10-5-2-6-13-11(10)12/h2,5-6,9,14H,3-4,7-8H2,1H3. The Hall–Kier alpha value is -0.690. The van der Waals surface area contributed by atoms with E-state index in [1.807, 2.05) is 7.05 Å². The van der Waals surface area contributed by atoms with Gasteiger partial charge < -0.3 is 4.90 Å². The molecule has 0 spiro atoms. The first-order valence-electron chi connectivity index (χ1n) is 5.80. The smallest absolute Gasteiger partial charge is 0.243 e. The minimum atomic E-state index is -3.59. The number of nitrogens with one attached hydrogen (secondary N) is 1. The Morgan fingerprint density at radius 3 is 3.00 bits per heavy atom. The van der Waals surface area contributed by atoms with Crippen LogP contribution in [0.1, 0.15) is 12.8 Å². The van der Waals surface area contributed by atoms with E-state index in [9.17, 15) is 8.42 Å². The van der Waals surface area contributed by atoms with Gasteiger partial charge in [-0.1, -0.05) is 11.6 Å². The summed E-state index contributed by atoms with van der Waals surface area (Å²) in [4.78, 5) is 5.94. The van der Waals surface area contributed by atoms with Crippen LogP contribution in [0.25, 0.3) is 0 Å². The van der Waals surface area contributed by atoms with Crippen LogP contribution in [0.4, 0.5) is 0 Å². The molecule has 1 aliphatic rings. The van der Waals surface area contributed by atoms with Gasteiger partial charge in [-0.25, -0.2) is 18.1 Å². The maximum atomic E-state index is 12.2. The second-order valence-corrected chi connectivity index (χ2v) is 6.56. The Kier molecular flexibility index (Phi) is 4.21. The summed E-state index contributed by atoms with van der Waals surface area (Å²) >= 11 is 5.81. The average Bonchev–Trinajstić information content (AvgIpc) is 2.28. The van der Waals surface area contributed by atoms with Gasteiger partial charge in [0.1, 0.15) is 10.0 Å². The zero-order chi connectivity index (χ0) is 13.2. The van der Waals surface area contributed by atoms with Crippen LogP contribution < -0.4 is 4.72 Å². The largest absolute Gasteiger partial charge is 0.305 e. The number of nitrogens with zero attached hydrogens (tertiary/aromatic N) is 2. The van der Waals surface area contributed by atoms with Gasteiger partial charge in [-0.2, -0.15) is 0 Å². The lowest BCUT2D eigenvalue weighted by molar-refractivity contribution is 0.242. The highest BCUT2D eigenvalue weighted by Gasteiger charge is 2.25. The fourth-order valence-corrected chi connectivity index (χ4v) is 3.83. The van der Waals surface area contributed by atoms with Gasteiger partial charge in [0, 0.05) is 18.8 Å². The maximum absolute atomic E-state index is 12.2. The molecular weight excluding hydrogens is 274 g/mol. The first-order valence-corrected chi connectivity index (χ1v) is 7.66. The fraction of sp³-hybridized carbons (Fsp3) is 0.545. The van der Waals surface area contributed by atoms with Crippen molar-refractivity contribution in [3.63, 3.8) is 0 Å². The molecule has 5 nitrogen and oxygen atoms in total. The Balaban J connectivity index is 2.15. The molecule has 1 aliphatic heterocycles. The van der Waals surface area contributed by atoms with Crippen LogP contribution in [0.5, 0.6) is 0 Å². The Bertz CT molecular complexity index is 521. The lowest BCUT2D eigenvalue weighted by Gasteiger charge is -2.29. The quantitative estimate of drug-likeness (QED) is 0.847. The molecule has 1 unspecified atom stereocenters. The molecule has 1 fully saturated rings. The number of halogens is 1. The Labute approximate surface area is 112 Å². The monoisotopic (exact) mass is 289 g/mol. The Morgan fingerprint density at radius 1 is 1.56 bits per heavy atom. The van der Waals surface area contributed by atoms with Gasteiger partial charge in [-0.05, 0) is 38.6 Å². The van der Waals surface area contributed by atoms with Crippen molar-refractivity contribution < 1.29 is 8.42 Å². The van der Waals surface area contributed by atoms with E-state index in [-0.39, 0.29) is 16.1 Å². The van der Waals surface area contributed by atoms with E-state index in [1.54, 1.807) is 6.07 Å². The van der Waals surface area contributed by atoms with E-state index < -0.39 is 10.0 Å². The number of hydrogen-bond donors (Lipinski definition) is 1. The number of likely N-dealkylation sites (tertiary alicyclic amines) is 1. The fourth-order valence-electron chi connectivity index (χ4n) is 2.12. The summed E-state index contributed by atoms with van der Waals surface area (Å²) in [6, 6.07) is 2.96. The average molecular weight is 290 g/mol. The van der Waals surface area contributed by atoms with Crippen LogP contribution >= 0.6 is 11.6 Å². The number of sulfonamides is 1. The molecule has 1 N–H and O–H groups in total. The highest BCUT2D eigenvalue weighted by atomic mass is 35.5. The molecule has 0 radical (unpaired) electrons. The molecule has 2 rings (SSSR count). The first-order chi connectivity index (χ1) is 8.49. The molecule has 0 saturated carbocycles. The van der Waals surface area contributed by atoms with Crippen molar-refractivity contribution in [2.45, 2.75) is 23.8 Å². The maximum Gasteiger partial charge on any atom is 0.243 e. The van der Waals surface area contributed by atoms with Crippen LogP contribution in [-0.2, 0) is 10.0 Å². The molecular formula is C11H16ClN3O2S. The lowest BCUT2D eigenvalue weighted by Crippen LogP contribution is -2.46. The van der Waals surface area contributed by atoms with Gasteiger partial charge >= 0.3 is 0 Å². The first kappa shape index (κ1) is 13.7. The summed E-state index contributed by atoms with van der Waals surface area (Å²) in [5, 5.41) is 0.00849. The number of hydrogen-bond acceptors (Lipinski definition) is 4.